The van der Waals surface area contributed by atoms with E-state index in [1.807, 2.05) is 24.0 Å². The van der Waals surface area contributed by atoms with E-state index in [1.54, 1.807) is 12.4 Å². The lowest BCUT2D eigenvalue weighted by atomic mass is 9.94. The molecule has 1 aliphatic rings. The minimum absolute atomic E-state index is 0.694. The van der Waals surface area contributed by atoms with Crippen molar-refractivity contribution in [3.05, 3.63) is 30.5 Å². The van der Waals surface area contributed by atoms with Crippen LogP contribution < -0.4 is 0 Å². The number of aryl methyl sites for hydroxylation is 1. The predicted octanol–water partition coefficient (Wildman–Crippen LogP) is 1.76. The van der Waals surface area contributed by atoms with Gasteiger partial charge >= 0.3 is 0 Å². The van der Waals surface area contributed by atoms with Crippen molar-refractivity contribution in [2.24, 2.45) is 13.0 Å². The second-order valence-electron chi connectivity index (χ2n) is 5.73. The zero-order chi connectivity index (χ0) is 13.9. The molecular formula is C15H21N5. The third-order valence-corrected chi connectivity index (χ3v) is 3.95. The van der Waals surface area contributed by atoms with Crippen molar-refractivity contribution < 1.29 is 0 Å². The lowest BCUT2D eigenvalue weighted by Crippen LogP contribution is -2.33. The van der Waals surface area contributed by atoms with Gasteiger partial charge in [0, 0.05) is 32.2 Å². The van der Waals surface area contributed by atoms with E-state index in [4.69, 9.17) is 4.98 Å². The summed E-state index contributed by atoms with van der Waals surface area (Å²) in [7, 11) is 4.18. The molecule has 3 heterocycles. The Morgan fingerprint density at radius 2 is 2.20 bits per heavy atom. The highest BCUT2D eigenvalue weighted by atomic mass is 15.1. The molecule has 2 aromatic rings. The fourth-order valence-electron chi connectivity index (χ4n) is 2.96. The molecule has 0 amide bonds. The van der Waals surface area contributed by atoms with Crippen molar-refractivity contribution in [1.29, 1.82) is 0 Å². The molecule has 5 heteroatoms. The Balaban J connectivity index is 1.76. The Hall–Kier alpha value is -1.75. The summed E-state index contributed by atoms with van der Waals surface area (Å²) in [6.07, 6.45) is 11.0. The molecule has 0 bridgehead atoms. The number of rotatable bonds is 3. The van der Waals surface area contributed by atoms with Gasteiger partial charge in [0.1, 0.15) is 5.69 Å². The highest BCUT2D eigenvalue weighted by Gasteiger charge is 2.18. The largest absolute Gasteiger partial charge is 0.333 e. The van der Waals surface area contributed by atoms with Crippen LogP contribution in [0.1, 0.15) is 18.5 Å². The molecule has 5 nitrogen and oxygen atoms in total. The highest BCUT2D eigenvalue weighted by molar-refractivity contribution is 5.47. The van der Waals surface area contributed by atoms with E-state index in [1.165, 1.54) is 19.4 Å². The second kappa shape index (κ2) is 5.71. The molecule has 0 unspecified atom stereocenters. The molecule has 1 fully saturated rings. The molecule has 1 aliphatic heterocycles. The van der Waals surface area contributed by atoms with E-state index < -0.39 is 0 Å². The number of hydrogen-bond acceptors (Lipinski definition) is 4. The number of imidazole rings is 1. The monoisotopic (exact) mass is 271 g/mol. The van der Waals surface area contributed by atoms with Crippen LogP contribution in [0, 0.1) is 5.92 Å². The van der Waals surface area contributed by atoms with E-state index in [2.05, 4.69) is 21.9 Å². The van der Waals surface area contributed by atoms with E-state index >= 15 is 0 Å². The molecule has 0 aromatic carbocycles. The average molecular weight is 271 g/mol. The van der Waals surface area contributed by atoms with Gasteiger partial charge in [-0.2, -0.15) is 0 Å². The van der Waals surface area contributed by atoms with Crippen LogP contribution in [0.15, 0.2) is 24.8 Å². The van der Waals surface area contributed by atoms with Crippen LogP contribution in [0.25, 0.3) is 11.5 Å². The van der Waals surface area contributed by atoms with Gasteiger partial charge < -0.3 is 9.47 Å². The van der Waals surface area contributed by atoms with Crippen LogP contribution in [0.5, 0.6) is 0 Å². The minimum atomic E-state index is 0.694. The first kappa shape index (κ1) is 13.2. The Morgan fingerprint density at radius 1 is 1.30 bits per heavy atom. The van der Waals surface area contributed by atoms with Crippen molar-refractivity contribution in [2.45, 2.75) is 19.3 Å². The maximum absolute atomic E-state index is 4.73. The number of aromatic nitrogens is 4. The number of hydrogen-bond donors (Lipinski definition) is 0. The van der Waals surface area contributed by atoms with Gasteiger partial charge in [-0.25, -0.2) is 9.97 Å². The number of nitrogens with zero attached hydrogens (tertiary/aromatic N) is 5. The minimum Gasteiger partial charge on any atom is -0.333 e. The first-order chi connectivity index (χ1) is 9.72. The fourth-order valence-corrected chi connectivity index (χ4v) is 2.96. The van der Waals surface area contributed by atoms with Crippen molar-refractivity contribution >= 4 is 0 Å². The lowest BCUT2D eigenvalue weighted by molar-refractivity contribution is 0.208. The van der Waals surface area contributed by atoms with Crippen LogP contribution in [0.3, 0.4) is 0 Å². The van der Waals surface area contributed by atoms with Crippen molar-refractivity contribution in [3.8, 4) is 11.5 Å². The standard InChI is InChI=1S/C15H21N5/c1-19-6-3-4-12(11-19)8-13-9-16-10-14(18-13)15-17-5-7-20(15)2/h5,7,9-10,12H,3-4,6,8,11H2,1-2H3/t12-/m1/s1. The Labute approximate surface area is 119 Å². The summed E-state index contributed by atoms with van der Waals surface area (Å²) in [5.41, 5.74) is 1.94. The van der Waals surface area contributed by atoms with E-state index in [9.17, 15) is 0 Å². The molecule has 20 heavy (non-hydrogen) atoms. The van der Waals surface area contributed by atoms with Gasteiger partial charge in [-0.1, -0.05) is 0 Å². The van der Waals surface area contributed by atoms with E-state index in [0.717, 1.165) is 30.2 Å². The molecule has 0 spiro atoms. The summed E-state index contributed by atoms with van der Waals surface area (Å²) >= 11 is 0. The molecule has 0 aliphatic carbocycles. The normalized spacial score (nSPS) is 20.2. The summed E-state index contributed by atoms with van der Waals surface area (Å²) in [5, 5.41) is 0. The average Bonchev–Trinajstić information content (AvgIpc) is 2.85. The zero-order valence-electron chi connectivity index (χ0n) is 12.2. The van der Waals surface area contributed by atoms with Crippen LogP contribution in [-0.4, -0.2) is 44.6 Å². The third-order valence-electron chi connectivity index (χ3n) is 3.95. The van der Waals surface area contributed by atoms with E-state index in [-0.39, 0.29) is 0 Å². The molecule has 3 rings (SSSR count). The Morgan fingerprint density at radius 3 is 2.95 bits per heavy atom. The quantitative estimate of drug-likeness (QED) is 0.853. The smallest absolute Gasteiger partial charge is 0.159 e. The van der Waals surface area contributed by atoms with Gasteiger partial charge in [0.05, 0.1) is 11.9 Å². The first-order valence-electron chi connectivity index (χ1n) is 7.19. The molecule has 1 saturated heterocycles. The fraction of sp³-hybridized carbons (Fsp3) is 0.533. The van der Waals surface area contributed by atoms with Gasteiger partial charge in [0.15, 0.2) is 5.82 Å². The van der Waals surface area contributed by atoms with Crippen LogP contribution in [-0.2, 0) is 13.5 Å². The summed E-state index contributed by atoms with van der Waals surface area (Å²) in [4.78, 5) is 15.8. The molecule has 106 valence electrons. The molecule has 0 N–H and O–H groups in total. The van der Waals surface area contributed by atoms with Gasteiger partial charge in [-0.3, -0.25) is 4.98 Å². The van der Waals surface area contributed by atoms with Gasteiger partial charge in [-0.05, 0) is 38.8 Å². The van der Waals surface area contributed by atoms with Gasteiger partial charge in [0.25, 0.3) is 0 Å². The van der Waals surface area contributed by atoms with Crippen LogP contribution >= 0.6 is 0 Å². The molecule has 2 aromatic heterocycles. The number of likely N-dealkylation sites (tertiary alicyclic amines) is 1. The summed E-state index contributed by atoms with van der Waals surface area (Å²) in [6, 6.07) is 0. The third kappa shape index (κ3) is 2.88. The highest BCUT2D eigenvalue weighted by Crippen LogP contribution is 2.20. The first-order valence-corrected chi connectivity index (χ1v) is 7.19. The van der Waals surface area contributed by atoms with Crippen LogP contribution in [0.2, 0.25) is 0 Å². The van der Waals surface area contributed by atoms with Crippen molar-refractivity contribution in [3.63, 3.8) is 0 Å². The Bertz CT molecular complexity index is 577. The molecular weight excluding hydrogens is 250 g/mol. The molecule has 0 saturated carbocycles. The van der Waals surface area contributed by atoms with Crippen molar-refractivity contribution in [2.75, 3.05) is 20.1 Å². The maximum Gasteiger partial charge on any atom is 0.159 e. The van der Waals surface area contributed by atoms with Gasteiger partial charge in [0.2, 0.25) is 0 Å². The second-order valence-corrected chi connectivity index (χ2v) is 5.73. The van der Waals surface area contributed by atoms with Crippen molar-refractivity contribution in [1.82, 2.24) is 24.4 Å². The van der Waals surface area contributed by atoms with Gasteiger partial charge in [-0.15, -0.1) is 0 Å². The summed E-state index contributed by atoms with van der Waals surface area (Å²) < 4.78 is 1.97. The SMILES string of the molecule is CN1CCC[C@H](Cc2cncc(-c3nccn3C)n2)C1. The van der Waals surface area contributed by atoms with E-state index in [0.29, 0.717) is 5.92 Å². The molecule has 0 radical (unpaired) electrons. The summed E-state index contributed by atoms with van der Waals surface area (Å²) in [6.45, 7) is 2.38. The molecule has 1 atom stereocenters. The predicted molar refractivity (Wildman–Crippen MR) is 78.2 cm³/mol. The number of piperidine rings is 1. The topological polar surface area (TPSA) is 46.8 Å². The zero-order valence-corrected chi connectivity index (χ0v) is 12.2. The maximum atomic E-state index is 4.73. The summed E-state index contributed by atoms with van der Waals surface area (Å²) in [5.74, 6) is 1.57. The van der Waals surface area contributed by atoms with Crippen LogP contribution in [0.4, 0.5) is 0 Å². The Kier molecular flexibility index (Phi) is 3.78. The lowest BCUT2D eigenvalue weighted by Gasteiger charge is -2.29.